The van der Waals surface area contributed by atoms with Gasteiger partial charge in [0.05, 0.1) is 18.2 Å². The number of benzene rings is 1. The van der Waals surface area contributed by atoms with E-state index in [2.05, 4.69) is 22.3 Å². The van der Waals surface area contributed by atoms with Crippen molar-refractivity contribution < 1.29 is 9.53 Å². The number of carbonyl (C=O) groups is 1. The fourth-order valence-corrected chi connectivity index (χ4v) is 5.59. The molecular formula is C21H20ClN5O3S. The molecule has 1 amide bonds. The quantitative estimate of drug-likeness (QED) is 0.506. The van der Waals surface area contributed by atoms with Gasteiger partial charge in [-0.1, -0.05) is 18.5 Å². The van der Waals surface area contributed by atoms with E-state index < -0.39 is 11.6 Å². The summed E-state index contributed by atoms with van der Waals surface area (Å²) in [6, 6.07) is 4.93. The molecule has 0 radical (unpaired) electrons. The minimum atomic E-state index is -0.406. The smallest absolute Gasteiger partial charge is 0.352 e. The Morgan fingerprint density at radius 2 is 2.26 bits per heavy atom. The zero-order valence-electron chi connectivity index (χ0n) is 17.0. The molecule has 0 spiro atoms. The lowest BCUT2D eigenvalue weighted by atomic mass is 9.89. The standard InChI is InChI=1S/C21H20ClN5O3S/c1-11-3-5-13-16(7-11)31-20-18(13)19-25-27(21(29)26(19)10-23-20)9-17(28)24-14-8-12(22)4-6-15(14)30-2/h4,6,8,10-11H,3,5,7,9H2,1-2H3,(H,24,28)/t11-/m1/s1. The minimum Gasteiger partial charge on any atom is -0.495 e. The molecule has 160 valence electrons. The van der Waals surface area contributed by atoms with Crippen molar-refractivity contribution in [3.63, 3.8) is 0 Å². The van der Waals surface area contributed by atoms with Crippen LogP contribution in [0.4, 0.5) is 5.69 Å². The van der Waals surface area contributed by atoms with Crippen molar-refractivity contribution in [3.8, 4) is 5.75 Å². The van der Waals surface area contributed by atoms with E-state index in [4.69, 9.17) is 16.3 Å². The van der Waals surface area contributed by atoms with Crippen molar-refractivity contribution in [2.24, 2.45) is 5.92 Å². The predicted octanol–water partition coefficient (Wildman–Crippen LogP) is 3.53. The van der Waals surface area contributed by atoms with Gasteiger partial charge in [-0.3, -0.25) is 4.79 Å². The van der Waals surface area contributed by atoms with Crippen LogP contribution in [-0.4, -0.2) is 32.2 Å². The first-order valence-corrected chi connectivity index (χ1v) is 11.2. The molecule has 0 fully saturated rings. The van der Waals surface area contributed by atoms with Crippen molar-refractivity contribution in [1.82, 2.24) is 19.2 Å². The summed E-state index contributed by atoms with van der Waals surface area (Å²) < 4.78 is 7.84. The number of amides is 1. The molecule has 8 nitrogen and oxygen atoms in total. The van der Waals surface area contributed by atoms with Crippen LogP contribution in [0.15, 0.2) is 29.3 Å². The summed E-state index contributed by atoms with van der Waals surface area (Å²) in [5.41, 5.74) is 1.82. The number of hydrogen-bond donors (Lipinski definition) is 1. The van der Waals surface area contributed by atoms with Crippen LogP contribution in [0.1, 0.15) is 23.8 Å². The summed E-state index contributed by atoms with van der Waals surface area (Å²) in [6.07, 6.45) is 4.58. The summed E-state index contributed by atoms with van der Waals surface area (Å²) in [5, 5.41) is 8.63. The van der Waals surface area contributed by atoms with Crippen molar-refractivity contribution >= 4 is 50.4 Å². The number of rotatable bonds is 4. The van der Waals surface area contributed by atoms with Crippen LogP contribution in [0, 0.1) is 5.92 Å². The fourth-order valence-electron chi connectivity index (χ4n) is 4.07. The number of fused-ring (bicyclic) bond motifs is 5. The van der Waals surface area contributed by atoms with Crippen molar-refractivity contribution in [3.05, 3.63) is 50.5 Å². The normalized spacial score (nSPS) is 15.9. The summed E-state index contributed by atoms with van der Waals surface area (Å²) >= 11 is 7.70. The Bertz CT molecular complexity index is 1390. The second-order valence-corrected chi connectivity index (χ2v) is 9.32. The Labute approximate surface area is 186 Å². The maximum atomic E-state index is 12.9. The zero-order chi connectivity index (χ0) is 21.7. The number of nitrogens with zero attached hydrogens (tertiary/aromatic N) is 4. The van der Waals surface area contributed by atoms with Gasteiger partial charge in [0.25, 0.3) is 0 Å². The number of aryl methyl sites for hydroxylation is 1. The van der Waals surface area contributed by atoms with Gasteiger partial charge < -0.3 is 10.1 Å². The number of carbonyl (C=O) groups excluding carboxylic acids is 1. The van der Waals surface area contributed by atoms with E-state index in [0.717, 1.165) is 29.5 Å². The molecule has 0 unspecified atom stereocenters. The highest BCUT2D eigenvalue weighted by atomic mass is 35.5. The fraction of sp³-hybridized carbons (Fsp3) is 0.333. The van der Waals surface area contributed by atoms with Gasteiger partial charge in [-0.2, -0.15) is 0 Å². The Hall–Kier alpha value is -2.91. The Morgan fingerprint density at radius 1 is 1.42 bits per heavy atom. The van der Waals surface area contributed by atoms with Crippen LogP contribution in [0.5, 0.6) is 5.75 Å². The van der Waals surface area contributed by atoms with E-state index in [0.29, 0.717) is 28.0 Å². The van der Waals surface area contributed by atoms with E-state index in [9.17, 15) is 9.59 Å². The van der Waals surface area contributed by atoms with Gasteiger partial charge >= 0.3 is 5.69 Å². The van der Waals surface area contributed by atoms with E-state index in [-0.39, 0.29) is 6.54 Å². The highest BCUT2D eigenvalue weighted by Crippen LogP contribution is 2.38. The molecule has 1 aliphatic rings. The molecule has 0 saturated carbocycles. The first kappa shape index (κ1) is 20.0. The van der Waals surface area contributed by atoms with Gasteiger partial charge in [-0.15, -0.1) is 16.4 Å². The number of methoxy groups -OCH3 is 1. The number of nitrogens with one attached hydrogen (secondary N) is 1. The molecule has 1 N–H and O–H groups in total. The molecule has 1 aliphatic carbocycles. The number of halogens is 1. The average Bonchev–Trinajstić information content (AvgIpc) is 3.25. The largest absolute Gasteiger partial charge is 0.495 e. The lowest BCUT2D eigenvalue weighted by molar-refractivity contribution is -0.117. The van der Waals surface area contributed by atoms with Gasteiger partial charge in [0.15, 0.2) is 5.65 Å². The van der Waals surface area contributed by atoms with Crippen molar-refractivity contribution in [2.45, 2.75) is 32.7 Å². The third kappa shape index (κ3) is 3.47. The number of thiophene rings is 1. The van der Waals surface area contributed by atoms with Crippen molar-refractivity contribution in [2.75, 3.05) is 12.4 Å². The van der Waals surface area contributed by atoms with Crippen LogP contribution in [0.25, 0.3) is 15.9 Å². The monoisotopic (exact) mass is 457 g/mol. The number of anilines is 1. The summed E-state index contributed by atoms with van der Waals surface area (Å²) in [5.74, 6) is 0.713. The van der Waals surface area contributed by atoms with Gasteiger partial charge in [0.2, 0.25) is 5.91 Å². The maximum absolute atomic E-state index is 12.9. The molecule has 0 saturated heterocycles. The number of aromatic nitrogens is 4. The highest BCUT2D eigenvalue weighted by Gasteiger charge is 2.24. The molecule has 5 rings (SSSR count). The lowest BCUT2D eigenvalue weighted by Gasteiger charge is -2.17. The Morgan fingerprint density at radius 3 is 3.06 bits per heavy atom. The third-order valence-electron chi connectivity index (χ3n) is 5.61. The van der Waals surface area contributed by atoms with Crippen LogP contribution in [0.2, 0.25) is 5.02 Å². The van der Waals surface area contributed by atoms with Crippen LogP contribution >= 0.6 is 22.9 Å². The minimum absolute atomic E-state index is 0.235. The van der Waals surface area contributed by atoms with E-state index in [1.807, 2.05) is 0 Å². The summed E-state index contributed by atoms with van der Waals surface area (Å²) in [4.78, 5) is 32.2. The molecule has 0 aliphatic heterocycles. The average molecular weight is 458 g/mol. The molecule has 0 bridgehead atoms. The summed E-state index contributed by atoms with van der Waals surface area (Å²) in [6.45, 7) is 2.02. The number of hydrogen-bond acceptors (Lipinski definition) is 6. The number of ether oxygens (including phenoxy) is 1. The lowest BCUT2D eigenvalue weighted by Crippen LogP contribution is -2.28. The van der Waals surface area contributed by atoms with Crippen molar-refractivity contribution in [1.29, 1.82) is 0 Å². The molecular weight excluding hydrogens is 438 g/mol. The molecule has 10 heteroatoms. The topological polar surface area (TPSA) is 90.5 Å². The predicted molar refractivity (Wildman–Crippen MR) is 120 cm³/mol. The van der Waals surface area contributed by atoms with E-state index in [1.54, 1.807) is 29.5 Å². The van der Waals surface area contributed by atoms with Gasteiger partial charge in [0, 0.05) is 9.90 Å². The first-order valence-electron chi connectivity index (χ1n) is 9.96. The maximum Gasteiger partial charge on any atom is 0.352 e. The Kier molecular flexibility index (Phi) is 4.94. The second kappa shape index (κ2) is 7.65. The van der Waals surface area contributed by atoms with E-state index in [1.165, 1.54) is 33.0 Å². The van der Waals surface area contributed by atoms with Gasteiger partial charge in [0.1, 0.15) is 23.5 Å². The van der Waals surface area contributed by atoms with E-state index >= 15 is 0 Å². The van der Waals surface area contributed by atoms with Gasteiger partial charge in [-0.25, -0.2) is 18.9 Å². The zero-order valence-corrected chi connectivity index (χ0v) is 18.6. The highest BCUT2D eigenvalue weighted by molar-refractivity contribution is 7.19. The molecule has 4 aromatic rings. The van der Waals surface area contributed by atoms with Gasteiger partial charge in [-0.05, 0) is 48.9 Å². The second-order valence-electron chi connectivity index (χ2n) is 7.80. The van der Waals surface area contributed by atoms with Crippen LogP contribution in [0.3, 0.4) is 0 Å². The molecule has 1 aromatic carbocycles. The van der Waals surface area contributed by atoms with Crippen LogP contribution < -0.4 is 15.7 Å². The SMILES string of the molecule is COc1ccc(Cl)cc1NC(=O)Cn1nc2c3c4c(sc3ncn2c1=O)C[C@H](C)CC4. The molecule has 3 aromatic heterocycles. The summed E-state index contributed by atoms with van der Waals surface area (Å²) in [7, 11) is 1.51. The molecule has 31 heavy (non-hydrogen) atoms. The van der Waals surface area contributed by atoms with Crippen LogP contribution in [-0.2, 0) is 24.2 Å². The molecule has 1 atom stereocenters. The molecule has 3 heterocycles. The first-order chi connectivity index (χ1) is 14.9. The Balaban J connectivity index is 1.50. The third-order valence-corrected chi connectivity index (χ3v) is 7.00.